The molecule has 0 spiro atoms. The zero-order chi connectivity index (χ0) is 10.2. The van der Waals surface area contributed by atoms with Gasteiger partial charge in [-0.1, -0.05) is 13.8 Å². The lowest BCUT2D eigenvalue weighted by Gasteiger charge is -2.04. The van der Waals surface area contributed by atoms with Gasteiger partial charge in [0.05, 0.1) is 0 Å². The van der Waals surface area contributed by atoms with Crippen molar-refractivity contribution < 1.29 is 22.7 Å². The van der Waals surface area contributed by atoms with Crippen LogP contribution in [0.2, 0.25) is 0 Å². The van der Waals surface area contributed by atoms with Crippen LogP contribution in [0.15, 0.2) is 0 Å². The number of ether oxygens (including phenoxy) is 1. The van der Waals surface area contributed by atoms with E-state index in [-0.39, 0.29) is 0 Å². The van der Waals surface area contributed by atoms with E-state index in [1.807, 2.05) is 13.8 Å². The van der Waals surface area contributed by atoms with Crippen molar-refractivity contribution in [3.63, 3.8) is 0 Å². The molecule has 12 heavy (non-hydrogen) atoms. The molecule has 0 bridgehead atoms. The molecule has 0 atom stereocenters. The third-order valence-corrected chi connectivity index (χ3v) is 0.571. The molecular weight excluding hydrogens is 173 g/mol. The fourth-order valence-corrected chi connectivity index (χ4v) is 0.310. The first-order valence-electron chi connectivity index (χ1n) is 3.56. The molecule has 0 N–H and O–H groups in total. The Morgan fingerprint density at radius 3 is 2.00 bits per heavy atom. The Kier molecular flexibility index (Phi) is 8.26. The maximum Gasteiger partial charge on any atom is 0.411 e. The Labute approximate surface area is 69.7 Å². The zero-order valence-electron chi connectivity index (χ0n) is 7.36. The van der Waals surface area contributed by atoms with Crippen molar-refractivity contribution in [3.8, 4) is 0 Å². The van der Waals surface area contributed by atoms with E-state index in [2.05, 4.69) is 4.74 Å². The van der Waals surface area contributed by atoms with Gasteiger partial charge in [-0.05, 0) is 6.92 Å². The predicted molar refractivity (Wildman–Crippen MR) is 38.9 cm³/mol. The molecule has 0 aliphatic heterocycles. The average molecular weight is 186 g/mol. The molecule has 0 aromatic carbocycles. The lowest BCUT2D eigenvalue weighted by molar-refractivity contribution is -0.174. The van der Waals surface area contributed by atoms with Crippen molar-refractivity contribution in [1.82, 2.24) is 0 Å². The number of Topliss-reactive ketones (excluding diaryl/α,β-unsaturated/α-hetero) is 1. The standard InChI is InChI=1S/C5H7F3O2.C2H6/c1-4(9)2-10-3-5(6,7)8;1-2/h2-3H2,1H3;1-2H3. The van der Waals surface area contributed by atoms with E-state index in [1.165, 1.54) is 0 Å². The first kappa shape index (κ1) is 14.0. The highest BCUT2D eigenvalue weighted by atomic mass is 19.4. The third-order valence-electron chi connectivity index (χ3n) is 0.571. The Morgan fingerprint density at radius 1 is 1.33 bits per heavy atom. The molecule has 0 aliphatic carbocycles. The summed E-state index contributed by atoms with van der Waals surface area (Å²) >= 11 is 0. The van der Waals surface area contributed by atoms with Crippen LogP contribution in [-0.2, 0) is 9.53 Å². The van der Waals surface area contributed by atoms with E-state index < -0.39 is 25.2 Å². The van der Waals surface area contributed by atoms with Gasteiger partial charge in [0, 0.05) is 0 Å². The van der Waals surface area contributed by atoms with Crippen molar-refractivity contribution in [2.24, 2.45) is 0 Å². The fourth-order valence-electron chi connectivity index (χ4n) is 0.310. The molecule has 0 saturated heterocycles. The number of rotatable bonds is 3. The molecule has 0 fully saturated rings. The van der Waals surface area contributed by atoms with Crippen molar-refractivity contribution in [1.29, 1.82) is 0 Å². The SMILES string of the molecule is CC.CC(=O)COCC(F)(F)F. The number of carbonyl (C=O) groups excluding carboxylic acids is 1. The minimum atomic E-state index is -4.34. The number of halogens is 3. The van der Waals surface area contributed by atoms with Gasteiger partial charge in [-0.3, -0.25) is 4.79 Å². The average Bonchev–Trinajstić information content (AvgIpc) is 1.88. The summed E-state index contributed by atoms with van der Waals surface area (Å²) in [5, 5.41) is 0. The quantitative estimate of drug-likeness (QED) is 0.675. The van der Waals surface area contributed by atoms with Gasteiger partial charge in [-0.15, -0.1) is 0 Å². The smallest absolute Gasteiger partial charge is 0.364 e. The van der Waals surface area contributed by atoms with Crippen LogP contribution in [0.25, 0.3) is 0 Å². The molecule has 0 heterocycles. The largest absolute Gasteiger partial charge is 0.411 e. The molecule has 0 saturated carbocycles. The highest BCUT2D eigenvalue weighted by Crippen LogP contribution is 2.13. The molecule has 74 valence electrons. The maximum atomic E-state index is 11.3. The monoisotopic (exact) mass is 186 g/mol. The van der Waals surface area contributed by atoms with Crippen LogP contribution >= 0.6 is 0 Å². The summed E-state index contributed by atoms with van der Waals surface area (Å²) in [7, 11) is 0. The summed E-state index contributed by atoms with van der Waals surface area (Å²) < 4.78 is 37.8. The molecular formula is C7H13F3O2. The van der Waals surface area contributed by atoms with Crippen LogP contribution in [0.1, 0.15) is 20.8 Å². The van der Waals surface area contributed by atoms with Crippen molar-refractivity contribution >= 4 is 5.78 Å². The summed E-state index contributed by atoms with van der Waals surface area (Å²) in [4.78, 5) is 10.0. The third kappa shape index (κ3) is 16.2. The van der Waals surface area contributed by atoms with Crippen LogP contribution in [0.4, 0.5) is 13.2 Å². The predicted octanol–water partition coefficient (Wildman–Crippen LogP) is 2.18. The molecule has 0 aromatic heterocycles. The van der Waals surface area contributed by atoms with Crippen molar-refractivity contribution in [3.05, 3.63) is 0 Å². The van der Waals surface area contributed by atoms with Crippen LogP contribution in [0.3, 0.4) is 0 Å². The van der Waals surface area contributed by atoms with Gasteiger partial charge in [0.25, 0.3) is 0 Å². The van der Waals surface area contributed by atoms with Gasteiger partial charge in [0.15, 0.2) is 5.78 Å². The second kappa shape index (κ2) is 7.09. The van der Waals surface area contributed by atoms with E-state index in [0.717, 1.165) is 6.92 Å². The fraction of sp³-hybridized carbons (Fsp3) is 0.857. The lowest BCUT2D eigenvalue weighted by Crippen LogP contribution is -2.19. The Morgan fingerprint density at radius 2 is 1.75 bits per heavy atom. The van der Waals surface area contributed by atoms with E-state index in [0.29, 0.717) is 0 Å². The van der Waals surface area contributed by atoms with E-state index in [9.17, 15) is 18.0 Å². The number of hydrogen-bond acceptors (Lipinski definition) is 2. The molecule has 0 rings (SSSR count). The molecule has 0 radical (unpaired) electrons. The summed E-state index contributed by atoms with van der Waals surface area (Å²) in [5.41, 5.74) is 0. The van der Waals surface area contributed by atoms with Crippen LogP contribution in [0.5, 0.6) is 0 Å². The Balaban J connectivity index is 0. The summed E-state index contributed by atoms with van der Waals surface area (Å²) in [6.45, 7) is 3.34. The van der Waals surface area contributed by atoms with E-state index in [1.54, 1.807) is 0 Å². The zero-order valence-corrected chi connectivity index (χ0v) is 7.36. The Bertz CT molecular complexity index is 120. The molecule has 0 unspecified atom stereocenters. The highest BCUT2D eigenvalue weighted by molar-refractivity contribution is 5.76. The topological polar surface area (TPSA) is 26.3 Å². The maximum absolute atomic E-state index is 11.3. The van der Waals surface area contributed by atoms with Crippen LogP contribution < -0.4 is 0 Å². The molecule has 5 heteroatoms. The highest BCUT2D eigenvalue weighted by Gasteiger charge is 2.27. The van der Waals surface area contributed by atoms with Gasteiger partial charge in [-0.2, -0.15) is 13.2 Å². The van der Waals surface area contributed by atoms with Crippen LogP contribution in [0, 0.1) is 0 Å². The number of carbonyl (C=O) groups is 1. The summed E-state index contributed by atoms with van der Waals surface area (Å²) in [6, 6.07) is 0. The number of hydrogen-bond donors (Lipinski definition) is 0. The summed E-state index contributed by atoms with van der Waals surface area (Å²) in [6.07, 6.45) is -4.34. The van der Waals surface area contributed by atoms with Gasteiger partial charge < -0.3 is 4.74 Å². The van der Waals surface area contributed by atoms with E-state index >= 15 is 0 Å². The minimum absolute atomic E-state index is 0.413. The van der Waals surface area contributed by atoms with Crippen molar-refractivity contribution in [2.45, 2.75) is 26.9 Å². The van der Waals surface area contributed by atoms with Gasteiger partial charge in [0.2, 0.25) is 0 Å². The molecule has 0 aromatic rings. The second-order valence-corrected chi connectivity index (χ2v) is 1.81. The normalized spacial score (nSPS) is 10.2. The number of alkyl halides is 3. The van der Waals surface area contributed by atoms with Gasteiger partial charge >= 0.3 is 6.18 Å². The first-order chi connectivity index (χ1) is 5.42. The minimum Gasteiger partial charge on any atom is -0.364 e. The Hall–Kier alpha value is -0.580. The second-order valence-electron chi connectivity index (χ2n) is 1.81. The lowest BCUT2D eigenvalue weighted by atomic mass is 10.5. The van der Waals surface area contributed by atoms with Gasteiger partial charge in [0.1, 0.15) is 13.2 Å². The van der Waals surface area contributed by atoms with Crippen molar-refractivity contribution in [2.75, 3.05) is 13.2 Å². The summed E-state index contributed by atoms with van der Waals surface area (Å²) in [5.74, 6) is -0.413. The molecule has 0 amide bonds. The number of ketones is 1. The first-order valence-corrected chi connectivity index (χ1v) is 3.56. The van der Waals surface area contributed by atoms with Crippen LogP contribution in [-0.4, -0.2) is 25.2 Å². The van der Waals surface area contributed by atoms with E-state index in [4.69, 9.17) is 0 Å². The molecule has 0 aliphatic rings. The van der Waals surface area contributed by atoms with Gasteiger partial charge in [-0.25, -0.2) is 0 Å². The molecule has 2 nitrogen and oxygen atoms in total.